The second-order valence-electron chi connectivity index (χ2n) is 5.94. The summed E-state index contributed by atoms with van der Waals surface area (Å²) < 4.78 is 0. The predicted molar refractivity (Wildman–Crippen MR) is 89.3 cm³/mol. The van der Waals surface area contributed by atoms with Crippen molar-refractivity contribution in [3.05, 3.63) is 28.8 Å². The Bertz CT molecular complexity index is 445. The molecule has 0 radical (unpaired) electrons. The first kappa shape index (κ1) is 17.5. The highest BCUT2D eigenvalue weighted by molar-refractivity contribution is 5.68. The van der Waals surface area contributed by atoms with Crippen LogP contribution in [-0.2, 0) is 4.79 Å². The third-order valence-corrected chi connectivity index (χ3v) is 3.83. The molecule has 3 nitrogen and oxygen atoms in total. The number of anilines is 1. The van der Waals surface area contributed by atoms with Crippen molar-refractivity contribution in [1.82, 2.24) is 0 Å². The summed E-state index contributed by atoms with van der Waals surface area (Å²) in [5.41, 5.74) is 4.97. The van der Waals surface area contributed by atoms with E-state index in [0.29, 0.717) is 6.54 Å². The molecule has 0 aliphatic heterocycles. The van der Waals surface area contributed by atoms with Gasteiger partial charge in [0, 0.05) is 18.8 Å². The van der Waals surface area contributed by atoms with E-state index in [9.17, 15) is 4.79 Å². The average Bonchev–Trinajstić information content (AvgIpc) is 2.38. The van der Waals surface area contributed by atoms with E-state index in [0.717, 1.165) is 13.0 Å². The van der Waals surface area contributed by atoms with E-state index >= 15 is 0 Å². The van der Waals surface area contributed by atoms with Crippen molar-refractivity contribution in [2.24, 2.45) is 0 Å². The third kappa shape index (κ3) is 5.78. The lowest BCUT2D eigenvalue weighted by Crippen LogP contribution is -2.28. The molecule has 0 saturated heterocycles. The molecule has 0 atom stereocenters. The van der Waals surface area contributed by atoms with Gasteiger partial charge in [-0.05, 0) is 38.3 Å². The summed E-state index contributed by atoms with van der Waals surface area (Å²) in [4.78, 5) is 13.2. The highest BCUT2D eigenvalue weighted by Gasteiger charge is 2.13. The maximum atomic E-state index is 10.9. The standard InChI is InChI=1S/C18H29NO2/c1-5-6-7-8-10-19(11-9-17(20)21)18-15(3)12-14(2)13-16(18)4/h12-13H,5-11H2,1-4H3,(H,20,21). The number of hydrogen-bond donors (Lipinski definition) is 1. The fraction of sp³-hybridized carbons (Fsp3) is 0.611. The van der Waals surface area contributed by atoms with Gasteiger partial charge in [-0.15, -0.1) is 0 Å². The van der Waals surface area contributed by atoms with Crippen LogP contribution in [0.15, 0.2) is 12.1 Å². The van der Waals surface area contributed by atoms with Gasteiger partial charge in [0.2, 0.25) is 0 Å². The summed E-state index contributed by atoms with van der Waals surface area (Å²) in [6, 6.07) is 4.37. The maximum Gasteiger partial charge on any atom is 0.305 e. The van der Waals surface area contributed by atoms with Gasteiger partial charge in [-0.25, -0.2) is 0 Å². The molecular weight excluding hydrogens is 262 g/mol. The molecule has 0 spiro atoms. The van der Waals surface area contributed by atoms with Crippen LogP contribution < -0.4 is 4.90 Å². The minimum Gasteiger partial charge on any atom is -0.481 e. The summed E-state index contributed by atoms with van der Waals surface area (Å²) in [5.74, 6) is -0.726. The van der Waals surface area contributed by atoms with Crippen molar-refractivity contribution < 1.29 is 9.90 Å². The topological polar surface area (TPSA) is 40.5 Å². The van der Waals surface area contributed by atoms with E-state index < -0.39 is 5.97 Å². The number of rotatable bonds is 9. The van der Waals surface area contributed by atoms with E-state index in [1.807, 2.05) is 0 Å². The molecule has 0 fully saturated rings. The average molecular weight is 291 g/mol. The summed E-state index contributed by atoms with van der Waals surface area (Å²) in [6.45, 7) is 10.1. The second-order valence-corrected chi connectivity index (χ2v) is 5.94. The molecule has 0 aromatic heterocycles. The van der Waals surface area contributed by atoms with E-state index in [1.165, 1.54) is 41.6 Å². The number of carboxylic acid groups (broad SMARTS) is 1. The highest BCUT2D eigenvalue weighted by Crippen LogP contribution is 2.27. The number of hydrogen-bond acceptors (Lipinski definition) is 2. The molecule has 1 N–H and O–H groups in total. The van der Waals surface area contributed by atoms with E-state index in [4.69, 9.17) is 5.11 Å². The number of carboxylic acids is 1. The molecule has 0 heterocycles. The predicted octanol–water partition coefficient (Wildman–Crippen LogP) is 4.47. The molecule has 0 saturated carbocycles. The fourth-order valence-corrected chi connectivity index (χ4v) is 2.97. The smallest absolute Gasteiger partial charge is 0.305 e. The van der Waals surface area contributed by atoms with Crippen LogP contribution in [0.1, 0.15) is 55.7 Å². The van der Waals surface area contributed by atoms with Gasteiger partial charge in [0.25, 0.3) is 0 Å². The van der Waals surface area contributed by atoms with Crippen LogP contribution in [0.3, 0.4) is 0 Å². The summed E-state index contributed by atoms with van der Waals surface area (Å²) >= 11 is 0. The Morgan fingerprint density at radius 2 is 1.67 bits per heavy atom. The Morgan fingerprint density at radius 3 is 2.19 bits per heavy atom. The maximum absolute atomic E-state index is 10.9. The van der Waals surface area contributed by atoms with E-state index in [2.05, 4.69) is 44.7 Å². The lowest BCUT2D eigenvalue weighted by Gasteiger charge is -2.28. The lowest BCUT2D eigenvalue weighted by atomic mass is 10.0. The Balaban J connectivity index is 2.86. The van der Waals surface area contributed by atoms with Crippen LogP contribution in [0.25, 0.3) is 0 Å². The van der Waals surface area contributed by atoms with Gasteiger partial charge in [0.15, 0.2) is 0 Å². The van der Waals surface area contributed by atoms with Gasteiger partial charge in [-0.1, -0.05) is 43.9 Å². The Morgan fingerprint density at radius 1 is 1.05 bits per heavy atom. The van der Waals surface area contributed by atoms with Gasteiger partial charge in [0.1, 0.15) is 0 Å². The number of nitrogens with zero attached hydrogens (tertiary/aromatic N) is 1. The molecule has 1 aromatic rings. The second kappa shape index (κ2) is 8.71. The number of aliphatic carboxylic acids is 1. The number of unbranched alkanes of at least 4 members (excludes halogenated alkanes) is 3. The van der Waals surface area contributed by atoms with Crippen LogP contribution in [0, 0.1) is 20.8 Å². The fourth-order valence-electron chi connectivity index (χ4n) is 2.97. The summed E-state index contributed by atoms with van der Waals surface area (Å²) in [6.07, 6.45) is 5.00. The molecular formula is C18H29NO2. The molecule has 21 heavy (non-hydrogen) atoms. The minimum absolute atomic E-state index is 0.195. The molecule has 3 heteroatoms. The largest absolute Gasteiger partial charge is 0.481 e. The van der Waals surface area contributed by atoms with Crippen LogP contribution in [0.2, 0.25) is 0 Å². The first-order chi connectivity index (χ1) is 9.95. The number of carbonyl (C=O) groups is 1. The SMILES string of the molecule is CCCCCCN(CCC(=O)O)c1c(C)cc(C)cc1C. The lowest BCUT2D eigenvalue weighted by molar-refractivity contribution is -0.136. The summed E-state index contributed by atoms with van der Waals surface area (Å²) in [5, 5.41) is 8.97. The first-order valence-corrected chi connectivity index (χ1v) is 8.00. The Kier molecular flexibility index (Phi) is 7.27. The van der Waals surface area contributed by atoms with Gasteiger partial charge >= 0.3 is 5.97 Å². The van der Waals surface area contributed by atoms with Crippen molar-refractivity contribution in [1.29, 1.82) is 0 Å². The van der Waals surface area contributed by atoms with Gasteiger partial charge in [-0.2, -0.15) is 0 Å². The molecule has 1 rings (SSSR count). The highest BCUT2D eigenvalue weighted by atomic mass is 16.4. The molecule has 0 unspecified atom stereocenters. The minimum atomic E-state index is -0.726. The zero-order valence-corrected chi connectivity index (χ0v) is 13.9. The Hall–Kier alpha value is -1.51. The van der Waals surface area contributed by atoms with E-state index in [-0.39, 0.29) is 6.42 Å². The molecule has 0 aliphatic carbocycles. The van der Waals surface area contributed by atoms with Crippen molar-refractivity contribution in [3.63, 3.8) is 0 Å². The van der Waals surface area contributed by atoms with Crippen molar-refractivity contribution >= 4 is 11.7 Å². The van der Waals surface area contributed by atoms with Crippen molar-refractivity contribution in [2.75, 3.05) is 18.0 Å². The van der Waals surface area contributed by atoms with Gasteiger partial charge in [0.05, 0.1) is 6.42 Å². The number of aryl methyl sites for hydroxylation is 3. The molecule has 0 bridgehead atoms. The summed E-state index contributed by atoms with van der Waals surface area (Å²) in [7, 11) is 0. The van der Waals surface area contributed by atoms with Crippen LogP contribution >= 0.6 is 0 Å². The Labute approximate surface area is 129 Å². The van der Waals surface area contributed by atoms with Crippen LogP contribution in [0.5, 0.6) is 0 Å². The molecule has 1 aromatic carbocycles. The molecule has 0 amide bonds. The van der Waals surface area contributed by atoms with Gasteiger partial charge in [-0.3, -0.25) is 4.79 Å². The molecule has 0 aliphatic rings. The van der Waals surface area contributed by atoms with Crippen molar-refractivity contribution in [3.8, 4) is 0 Å². The zero-order valence-electron chi connectivity index (χ0n) is 13.9. The van der Waals surface area contributed by atoms with Crippen LogP contribution in [-0.4, -0.2) is 24.2 Å². The molecule has 118 valence electrons. The van der Waals surface area contributed by atoms with E-state index in [1.54, 1.807) is 0 Å². The monoisotopic (exact) mass is 291 g/mol. The van der Waals surface area contributed by atoms with Crippen molar-refractivity contribution in [2.45, 2.75) is 59.8 Å². The normalized spacial score (nSPS) is 10.7. The first-order valence-electron chi connectivity index (χ1n) is 8.00. The van der Waals surface area contributed by atoms with Crippen LogP contribution in [0.4, 0.5) is 5.69 Å². The third-order valence-electron chi connectivity index (χ3n) is 3.83. The van der Waals surface area contributed by atoms with Gasteiger partial charge < -0.3 is 10.0 Å². The zero-order chi connectivity index (χ0) is 15.8. The number of benzene rings is 1. The quantitative estimate of drug-likeness (QED) is 0.682.